The highest BCUT2D eigenvalue weighted by Crippen LogP contribution is 2.26. The molecule has 2 N–H and O–H groups in total. The molecule has 0 aliphatic heterocycles. The van der Waals surface area contributed by atoms with Crippen molar-refractivity contribution >= 4 is 18.0 Å². The zero-order chi connectivity index (χ0) is 21.6. The quantitative estimate of drug-likeness (QED) is 0.719. The Labute approximate surface area is 169 Å². The Balaban J connectivity index is 2.30. The van der Waals surface area contributed by atoms with Gasteiger partial charge in [-0.1, -0.05) is 36.4 Å². The van der Waals surface area contributed by atoms with Gasteiger partial charge in [-0.3, -0.25) is 0 Å². The summed E-state index contributed by atoms with van der Waals surface area (Å²) < 4.78 is 9.92. The normalized spacial score (nSPS) is 12.0. The molecule has 29 heavy (non-hydrogen) atoms. The summed E-state index contributed by atoms with van der Waals surface area (Å²) in [4.78, 5) is 35.5. The van der Waals surface area contributed by atoms with Gasteiger partial charge in [-0.15, -0.1) is 0 Å². The van der Waals surface area contributed by atoms with Crippen molar-refractivity contribution in [2.24, 2.45) is 0 Å². The van der Waals surface area contributed by atoms with Crippen LogP contribution in [-0.2, 0) is 20.7 Å². The molecule has 0 aliphatic rings. The zero-order valence-electron chi connectivity index (χ0n) is 16.9. The van der Waals surface area contributed by atoms with Crippen molar-refractivity contribution in [3.05, 3.63) is 59.7 Å². The average molecular weight is 399 g/mol. The molecule has 1 amide bonds. The van der Waals surface area contributed by atoms with Crippen LogP contribution in [-0.4, -0.2) is 41.9 Å². The van der Waals surface area contributed by atoms with Crippen molar-refractivity contribution in [1.29, 1.82) is 0 Å². The number of rotatable bonds is 6. The Kier molecular flexibility index (Phi) is 6.98. The van der Waals surface area contributed by atoms with Gasteiger partial charge in [-0.2, -0.15) is 0 Å². The van der Waals surface area contributed by atoms with Crippen molar-refractivity contribution < 1.29 is 29.0 Å². The lowest BCUT2D eigenvalue weighted by atomic mass is 9.94. The third kappa shape index (κ3) is 6.34. The SMILES string of the molecule is COC(=O)c1cccc(-c2ccccc2CC(NC(=O)OC(C)(C)C)C(=O)O)c1. The van der Waals surface area contributed by atoms with Crippen LogP contribution in [0.1, 0.15) is 36.7 Å². The summed E-state index contributed by atoms with van der Waals surface area (Å²) in [5.41, 5.74) is 1.86. The van der Waals surface area contributed by atoms with Crippen molar-refractivity contribution in [2.45, 2.75) is 38.8 Å². The number of alkyl carbamates (subject to hydrolysis) is 1. The van der Waals surface area contributed by atoms with E-state index in [0.717, 1.165) is 11.1 Å². The number of carbonyl (C=O) groups excluding carboxylic acids is 2. The minimum absolute atomic E-state index is 0.0488. The first-order valence-electron chi connectivity index (χ1n) is 9.09. The zero-order valence-corrected chi connectivity index (χ0v) is 16.9. The number of carboxylic acid groups (broad SMARTS) is 1. The first-order valence-corrected chi connectivity index (χ1v) is 9.09. The lowest BCUT2D eigenvalue weighted by Crippen LogP contribution is -2.44. The van der Waals surface area contributed by atoms with Gasteiger partial charge in [0.15, 0.2) is 0 Å². The molecule has 1 atom stereocenters. The predicted octanol–water partition coefficient (Wildman–Crippen LogP) is 3.66. The molecule has 7 nitrogen and oxygen atoms in total. The van der Waals surface area contributed by atoms with Gasteiger partial charge in [0.05, 0.1) is 12.7 Å². The molecule has 154 valence electrons. The Morgan fingerprint density at radius 1 is 1.07 bits per heavy atom. The highest BCUT2D eigenvalue weighted by Gasteiger charge is 2.25. The second-order valence-electron chi connectivity index (χ2n) is 7.47. The van der Waals surface area contributed by atoms with Gasteiger partial charge in [0, 0.05) is 6.42 Å². The summed E-state index contributed by atoms with van der Waals surface area (Å²) in [5.74, 6) is -1.63. The number of carbonyl (C=O) groups is 3. The van der Waals surface area contributed by atoms with E-state index in [4.69, 9.17) is 9.47 Å². The second kappa shape index (κ2) is 9.23. The standard InChI is InChI=1S/C22H25NO6/c1-22(2,3)29-21(27)23-18(19(24)25)13-15-8-5-6-11-17(15)14-9-7-10-16(12-14)20(26)28-4/h5-12,18H,13H2,1-4H3,(H,23,27)(H,24,25). The molecule has 0 saturated carbocycles. The molecule has 0 heterocycles. The largest absolute Gasteiger partial charge is 0.480 e. The van der Waals surface area contributed by atoms with E-state index in [1.807, 2.05) is 18.2 Å². The number of esters is 1. The molecule has 2 aromatic carbocycles. The number of amides is 1. The number of hydrogen-bond donors (Lipinski definition) is 2. The summed E-state index contributed by atoms with van der Waals surface area (Å²) in [6, 6.07) is 12.9. The minimum Gasteiger partial charge on any atom is -0.480 e. The van der Waals surface area contributed by atoms with Crippen LogP contribution in [0.4, 0.5) is 4.79 Å². The number of carboxylic acids is 1. The third-order valence-electron chi connectivity index (χ3n) is 4.03. The summed E-state index contributed by atoms with van der Waals surface area (Å²) in [7, 11) is 1.31. The maximum atomic E-state index is 12.0. The number of methoxy groups -OCH3 is 1. The second-order valence-corrected chi connectivity index (χ2v) is 7.47. The van der Waals surface area contributed by atoms with Crippen LogP contribution in [0.5, 0.6) is 0 Å². The molecule has 2 aromatic rings. The smallest absolute Gasteiger partial charge is 0.408 e. The minimum atomic E-state index is -1.17. The molecule has 0 aliphatic carbocycles. The first-order chi connectivity index (χ1) is 13.6. The van der Waals surface area contributed by atoms with Crippen LogP contribution >= 0.6 is 0 Å². The molecule has 2 rings (SSSR count). The van der Waals surface area contributed by atoms with Gasteiger partial charge < -0.3 is 19.9 Å². The Bertz CT molecular complexity index is 900. The average Bonchev–Trinajstić information content (AvgIpc) is 2.65. The summed E-state index contributed by atoms with van der Waals surface area (Å²) in [6.45, 7) is 5.10. The van der Waals surface area contributed by atoms with Crippen molar-refractivity contribution in [3.63, 3.8) is 0 Å². The van der Waals surface area contributed by atoms with Gasteiger partial charge in [0.1, 0.15) is 11.6 Å². The highest BCUT2D eigenvalue weighted by atomic mass is 16.6. The van der Waals surface area contributed by atoms with Crippen LogP contribution in [0.3, 0.4) is 0 Å². The number of nitrogens with one attached hydrogen (secondary N) is 1. The molecule has 0 radical (unpaired) electrons. The molecular formula is C22H25NO6. The van der Waals surface area contributed by atoms with E-state index < -0.39 is 29.7 Å². The summed E-state index contributed by atoms with van der Waals surface area (Å²) >= 11 is 0. The fraction of sp³-hybridized carbons (Fsp3) is 0.318. The van der Waals surface area contributed by atoms with E-state index >= 15 is 0 Å². The predicted molar refractivity (Wildman–Crippen MR) is 108 cm³/mol. The summed E-state index contributed by atoms with van der Waals surface area (Å²) in [6.07, 6.45) is -0.747. The van der Waals surface area contributed by atoms with E-state index in [9.17, 15) is 19.5 Å². The van der Waals surface area contributed by atoms with Crippen molar-refractivity contribution in [2.75, 3.05) is 7.11 Å². The lowest BCUT2D eigenvalue weighted by Gasteiger charge is -2.22. The molecule has 1 unspecified atom stereocenters. The Morgan fingerprint density at radius 2 is 1.76 bits per heavy atom. The lowest BCUT2D eigenvalue weighted by molar-refractivity contribution is -0.139. The van der Waals surface area contributed by atoms with Gasteiger partial charge in [-0.25, -0.2) is 14.4 Å². The molecule has 0 bridgehead atoms. The molecule has 0 spiro atoms. The fourth-order valence-corrected chi connectivity index (χ4v) is 2.78. The van der Waals surface area contributed by atoms with Crippen molar-refractivity contribution in [3.8, 4) is 11.1 Å². The molecule has 0 saturated heterocycles. The monoisotopic (exact) mass is 399 g/mol. The first kappa shape index (κ1) is 21.9. The van der Waals surface area contributed by atoms with Crippen LogP contribution < -0.4 is 5.32 Å². The molecule has 0 fully saturated rings. The van der Waals surface area contributed by atoms with E-state index in [1.165, 1.54) is 7.11 Å². The fourth-order valence-electron chi connectivity index (χ4n) is 2.78. The van der Waals surface area contributed by atoms with Gasteiger partial charge in [0.25, 0.3) is 0 Å². The maximum Gasteiger partial charge on any atom is 0.408 e. The van der Waals surface area contributed by atoms with Gasteiger partial charge >= 0.3 is 18.0 Å². The number of benzene rings is 2. The van der Waals surface area contributed by atoms with Gasteiger partial charge in [-0.05, 0) is 49.6 Å². The number of ether oxygens (including phenoxy) is 2. The molecule has 0 aromatic heterocycles. The highest BCUT2D eigenvalue weighted by molar-refractivity contribution is 5.91. The number of aliphatic carboxylic acids is 1. The molecular weight excluding hydrogens is 374 g/mol. The van der Waals surface area contributed by atoms with E-state index in [-0.39, 0.29) is 6.42 Å². The third-order valence-corrected chi connectivity index (χ3v) is 4.03. The van der Waals surface area contributed by atoms with E-state index in [1.54, 1.807) is 51.1 Å². The Morgan fingerprint density at radius 3 is 2.38 bits per heavy atom. The van der Waals surface area contributed by atoms with Gasteiger partial charge in [0.2, 0.25) is 0 Å². The van der Waals surface area contributed by atoms with Crippen LogP contribution in [0.15, 0.2) is 48.5 Å². The van der Waals surface area contributed by atoms with Crippen LogP contribution in [0.25, 0.3) is 11.1 Å². The summed E-state index contributed by atoms with van der Waals surface area (Å²) in [5, 5.41) is 12.0. The van der Waals surface area contributed by atoms with Crippen molar-refractivity contribution in [1.82, 2.24) is 5.32 Å². The van der Waals surface area contributed by atoms with Crippen LogP contribution in [0.2, 0.25) is 0 Å². The number of hydrogen-bond acceptors (Lipinski definition) is 5. The topological polar surface area (TPSA) is 102 Å². The van der Waals surface area contributed by atoms with E-state index in [2.05, 4.69) is 5.32 Å². The maximum absolute atomic E-state index is 12.0. The van der Waals surface area contributed by atoms with E-state index in [0.29, 0.717) is 11.1 Å². The van der Waals surface area contributed by atoms with Crippen LogP contribution in [0, 0.1) is 0 Å². The molecule has 7 heteroatoms. The Hall–Kier alpha value is -3.35.